The van der Waals surface area contributed by atoms with Crippen molar-refractivity contribution in [3.63, 3.8) is 0 Å². The van der Waals surface area contributed by atoms with E-state index in [4.69, 9.17) is 9.47 Å². The predicted molar refractivity (Wildman–Crippen MR) is 89.9 cm³/mol. The van der Waals surface area contributed by atoms with Crippen LogP contribution in [0.2, 0.25) is 0 Å². The number of benzene rings is 1. The lowest BCUT2D eigenvalue weighted by molar-refractivity contribution is -0.117. The number of carbonyl (C=O) groups is 3. The van der Waals surface area contributed by atoms with E-state index in [0.29, 0.717) is 23.0 Å². The van der Waals surface area contributed by atoms with Crippen molar-refractivity contribution in [1.82, 2.24) is 4.90 Å². The van der Waals surface area contributed by atoms with Crippen LogP contribution >= 0.6 is 0 Å². The molecule has 24 heavy (non-hydrogen) atoms. The largest absolute Gasteiger partial charge is 0.465 e. The molecule has 1 atom stereocenters. The molecule has 0 aromatic heterocycles. The highest BCUT2D eigenvalue weighted by molar-refractivity contribution is 5.91. The molecule has 0 spiro atoms. The fourth-order valence-corrected chi connectivity index (χ4v) is 2.18. The van der Waals surface area contributed by atoms with Crippen molar-refractivity contribution in [2.75, 3.05) is 14.2 Å². The van der Waals surface area contributed by atoms with Crippen molar-refractivity contribution in [2.45, 2.75) is 45.8 Å². The van der Waals surface area contributed by atoms with Gasteiger partial charge in [-0.05, 0) is 51.8 Å². The highest BCUT2D eigenvalue weighted by atomic mass is 16.6. The lowest BCUT2D eigenvalue weighted by Crippen LogP contribution is -2.48. The molecule has 1 amide bonds. The van der Waals surface area contributed by atoms with Gasteiger partial charge in [0.15, 0.2) is 0 Å². The van der Waals surface area contributed by atoms with Gasteiger partial charge >= 0.3 is 12.1 Å². The van der Waals surface area contributed by atoms with E-state index in [1.807, 2.05) is 0 Å². The van der Waals surface area contributed by atoms with Crippen LogP contribution in [0.3, 0.4) is 0 Å². The molecule has 0 radical (unpaired) electrons. The number of nitrogens with zero attached hydrogens (tertiary/aromatic N) is 1. The fraction of sp³-hybridized carbons (Fsp3) is 0.500. The second kappa shape index (κ2) is 7.03. The first-order valence-electron chi connectivity index (χ1n) is 7.59. The van der Waals surface area contributed by atoms with Crippen LogP contribution in [0.4, 0.5) is 4.79 Å². The predicted octanol–water partition coefficient (Wildman–Crippen LogP) is 3.06. The van der Waals surface area contributed by atoms with Crippen LogP contribution in [0, 0.1) is 6.92 Å². The van der Waals surface area contributed by atoms with Gasteiger partial charge in [0, 0.05) is 7.05 Å². The summed E-state index contributed by atoms with van der Waals surface area (Å²) in [5, 5.41) is 0. The summed E-state index contributed by atoms with van der Waals surface area (Å²) in [6.45, 7) is 8.63. The minimum absolute atomic E-state index is 0.412. The Bertz CT molecular complexity index is 647. The van der Waals surface area contributed by atoms with Crippen LogP contribution < -0.4 is 0 Å². The van der Waals surface area contributed by atoms with Crippen LogP contribution in [0.1, 0.15) is 49.2 Å². The van der Waals surface area contributed by atoms with Gasteiger partial charge < -0.3 is 14.3 Å². The minimum atomic E-state index is -1.22. The molecular formula is C18H25NO5. The molecular weight excluding hydrogens is 310 g/mol. The smallest absolute Gasteiger partial charge is 0.411 e. The van der Waals surface area contributed by atoms with Crippen molar-refractivity contribution < 1.29 is 23.9 Å². The van der Waals surface area contributed by atoms with E-state index in [1.54, 1.807) is 52.8 Å². The Balaban J connectivity index is 3.23. The standard InChI is InChI=1S/C18H25NO5/c1-12-10-13(8-9-14(12)15(21)23-7)18(5,11-20)19(6)16(22)24-17(2,3)4/h8-11H,1-7H3. The number of likely N-dealkylation sites (N-methyl/N-ethyl adjacent to an activating group) is 1. The third kappa shape index (κ3) is 4.13. The number of ether oxygens (including phenoxy) is 2. The van der Waals surface area contributed by atoms with Crippen LogP contribution in [0.25, 0.3) is 0 Å². The third-order valence-electron chi connectivity index (χ3n) is 3.81. The molecule has 1 aromatic carbocycles. The number of rotatable bonds is 4. The minimum Gasteiger partial charge on any atom is -0.465 e. The average Bonchev–Trinajstić information content (AvgIpc) is 2.50. The summed E-state index contributed by atoms with van der Waals surface area (Å²) in [5.74, 6) is -0.452. The molecule has 6 nitrogen and oxygen atoms in total. The SMILES string of the molecule is COC(=O)c1ccc(C(C)(C=O)N(C)C(=O)OC(C)(C)C)cc1C. The zero-order valence-corrected chi connectivity index (χ0v) is 15.3. The Morgan fingerprint density at radius 1 is 1.17 bits per heavy atom. The van der Waals surface area contributed by atoms with E-state index in [-0.39, 0.29) is 0 Å². The molecule has 1 rings (SSSR count). The van der Waals surface area contributed by atoms with Crippen molar-refractivity contribution in [2.24, 2.45) is 0 Å². The molecule has 0 saturated carbocycles. The van der Waals surface area contributed by atoms with Crippen LogP contribution in [0.15, 0.2) is 18.2 Å². The first-order valence-corrected chi connectivity index (χ1v) is 7.59. The Morgan fingerprint density at radius 2 is 1.75 bits per heavy atom. The van der Waals surface area contributed by atoms with Crippen LogP contribution in [-0.4, -0.2) is 43.0 Å². The van der Waals surface area contributed by atoms with E-state index >= 15 is 0 Å². The summed E-state index contributed by atoms with van der Waals surface area (Å²) in [5.41, 5.74) is -0.239. The van der Waals surface area contributed by atoms with Crippen LogP contribution in [0.5, 0.6) is 0 Å². The number of methoxy groups -OCH3 is 1. The fourth-order valence-electron chi connectivity index (χ4n) is 2.18. The van der Waals surface area contributed by atoms with E-state index < -0.39 is 23.2 Å². The maximum absolute atomic E-state index is 12.3. The molecule has 0 aliphatic heterocycles. The number of hydrogen-bond donors (Lipinski definition) is 0. The molecule has 0 N–H and O–H groups in total. The van der Waals surface area contributed by atoms with E-state index in [2.05, 4.69) is 0 Å². The number of esters is 1. The van der Waals surface area contributed by atoms with Crippen molar-refractivity contribution in [3.05, 3.63) is 34.9 Å². The molecule has 1 unspecified atom stereocenters. The van der Waals surface area contributed by atoms with E-state index in [0.717, 1.165) is 0 Å². The summed E-state index contributed by atoms with van der Waals surface area (Å²) in [6.07, 6.45) is 0.0792. The quantitative estimate of drug-likeness (QED) is 0.624. The Hall–Kier alpha value is -2.37. The maximum atomic E-state index is 12.3. The second-order valence-corrected chi connectivity index (χ2v) is 6.83. The van der Waals surface area contributed by atoms with Gasteiger partial charge in [-0.2, -0.15) is 0 Å². The number of hydrogen-bond acceptors (Lipinski definition) is 5. The van der Waals surface area contributed by atoms with Gasteiger partial charge in [-0.25, -0.2) is 9.59 Å². The van der Waals surface area contributed by atoms with Gasteiger partial charge in [0.25, 0.3) is 0 Å². The third-order valence-corrected chi connectivity index (χ3v) is 3.81. The van der Waals surface area contributed by atoms with Gasteiger partial charge in [-0.1, -0.05) is 12.1 Å². The lowest BCUT2D eigenvalue weighted by atomic mass is 9.89. The second-order valence-electron chi connectivity index (χ2n) is 6.83. The molecule has 132 valence electrons. The monoisotopic (exact) mass is 335 g/mol. The Morgan fingerprint density at radius 3 is 2.17 bits per heavy atom. The average molecular weight is 335 g/mol. The molecule has 0 heterocycles. The topological polar surface area (TPSA) is 72.9 Å². The Labute approximate surface area is 142 Å². The molecule has 6 heteroatoms. The maximum Gasteiger partial charge on any atom is 0.411 e. The number of aldehydes is 1. The van der Waals surface area contributed by atoms with Gasteiger partial charge in [0.1, 0.15) is 17.4 Å². The molecule has 0 saturated heterocycles. The molecule has 0 fully saturated rings. The summed E-state index contributed by atoms with van der Waals surface area (Å²) in [6, 6.07) is 4.91. The summed E-state index contributed by atoms with van der Waals surface area (Å²) < 4.78 is 10.0. The number of amides is 1. The number of carbonyl (C=O) groups excluding carboxylic acids is 3. The molecule has 0 bridgehead atoms. The summed E-state index contributed by atoms with van der Waals surface area (Å²) >= 11 is 0. The lowest BCUT2D eigenvalue weighted by Gasteiger charge is -2.36. The van der Waals surface area contributed by atoms with Crippen molar-refractivity contribution >= 4 is 18.3 Å². The Kier molecular flexibility index (Phi) is 5.76. The van der Waals surface area contributed by atoms with Crippen molar-refractivity contribution in [1.29, 1.82) is 0 Å². The summed E-state index contributed by atoms with van der Waals surface area (Å²) in [7, 11) is 2.81. The zero-order chi connectivity index (χ0) is 18.7. The van der Waals surface area contributed by atoms with Gasteiger partial charge in [-0.15, -0.1) is 0 Å². The molecule has 1 aromatic rings. The van der Waals surface area contributed by atoms with Crippen LogP contribution in [-0.2, 0) is 19.8 Å². The highest BCUT2D eigenvalue weighted by Crippen LogP contribution is 2.28. The van der Waals surface area contributed by atoms with Gasteiger partial charge in [0.05, 0.1) is 12.7 Å². The molecule has 0 aliphatic rings. The van der Waals surface area contributed by atoms with Gasteiger partial charge in [0.2, 0.25) is 0 Å². The molecule has 0 aliphatic carbocycles. The van der Waals surface area contributed by atoms with Crippen molar-refractivity contribution in [3.8, 4) is 0 Å². The highest BCUT2D eigenvalue weighted by Gasteiger charge is 2.37. The summed E-state index contributed by atoms with van der Waals surface area (Å²) in [4.78, 5) is 37.0. The number of aryl methyl sites for hydroxylation is 1. The normalized spacial score (nSPS) is 13.6. The first kappa shape index (κ1) is 19.7. The van der Waals surface area contributed by atoms with Gasteiger partial charge in [-0.3, -0.25) is 4.90 Å². The van der Waals surface area contributed by atoms with E-state index in [1.165, 1.54) is 19.1 Å². The first-order chi connectivity index (χ1) is 11.0. The van der Waals surface area contributed by atoms with E-state index in [9.17, 15) is 14.4 Å². The zero-order valence-electron chi connectivity index (χ0n) is 15.3.